The number of allylic oxidation sites excluding steroid dienone is 5. The van der Waals surface area contributed by atoms with Crippen LogP contribution >= 0.6 is 12.2 Å². The van der Waals surface area contributed by atoms with Crippen molar-refractivity contribution in [3.8, 4) is 0 Å². The summed E-state index contributed by atoms with van der Waals surface area (Å²) in [5.74, 6) is 0. The molecule has 0 aliphatic heterocycles. The van der Waals surface area contributed by atoms with E-state index in [0.717, 1.165) is 17.1 Å². The predicted molar refractivity (Wildman–Crippen MR) is 116 cm³/mol. The molecule has 0 aliphatic rings. The van der Waals surface area contributed by atoms with Gasteiger partial charge in [-0.15, -0.1) is 0 Å². The lowest BCUT2D eigenvalue weighted by Gasteiger charge is -2.00. The molecule has 0 radical (unpaired) electrons. The average molecular weight is 377 g/mol. The molecule has 26 heavy (non-hydrogen) atoms. The molecule has 144 valence electrons. The Morgan fingerprint density at radius 3 is 2.54 bits per heavy atom. The molecule has 1 aromatic rings. The van der Waals surface area contributed by atoms with E-state index in [2.05, 4.69) is 31.3 Å². The Morgan fingerprint density at radius 1 is 1.23 bits per heavy atom. The molecule has 4 nitrogen and oxygen atoms in total. The van der Waals surface area contributed by atoms with Gasteiger partial charge in [-0.05, 0) is 32.4 Å². The first-order valence-electron chi connectivity index (χ1n) is 8.89. The highest BCUT2D eigenvalue weighted by Gasteiger charge is 1.87. The van der Waals surface area contributed by atoms with Crippen LogP contribution in [0.5, 0.6) is 0 Å². The van der Waals surface area contributed by atoms with Crippen molar-refractivity contribution >= 4 is 22.9 Å². The minimum absolute atomic E-state index is 0.461. The highest BCUT2D eigenvalue weighted by Crippen LogP contribution is 2.06. The monoisotopic (exact) mass is 376 g/mol. The van der Waals surface area contributed by atoms with E-state index in [-0.39, 0.29) is 0 Å². The van der Waals surface area contributed by atoms with E-state index in [9.17, 15) is 0 Å². The summed E-state index contributed by atoms with van der Waals surface area (Å²) in [6.07, 6.45) is 12.5. The van der Waals surface area contributed by atoms with Gasteiger partial charge in [-0.25, -0.2) is 5.48 Å². The van der Waals surface area contributed by atoms with Gasteiger partial charge in [-0.1, -0.05) is 79.7 Å². The molecule has 0 heterocycles. The molecule has 0 fully saturated rings. The van der Waals surface area contributed by atoms with Crippen LogP contribution in [0.1, 0.15) is 33.6 Å². The number of thiocarbonyl (C=S) groups is 1. The summed E-state index contributed by atoms with van der Waals surface area (Å²) in [6.45, 7) is 7.65. The SMILES string of the molecule is CC(=S)Nc1ccccc1.C\C=C(/C=C\C=C/COCCNO)CCC. The smallest absolute Gasteiger partial charge is 0.0765 e. The Balaban J connectivity index is 0.000000531. The molecule has 0 amide bonds. The minimum Gasteiger partial charge on any atom is -0.376 e. The maximum Gasteiger partial charge on any atom is 0.0765 e. The van der Waals surface area contributed by atoms with E-state index < -0.39 is 0 Å². The zero-order valence-electron chi connectivity index (χ0n) is 16.1. The zero-order chi connectivity index (χ0) is 19.5. The van der Waals surface area contributed by atoms with Gasteiger partial charge >= 0.3 is 0 Å². The second-order valence-electron chi connectivity index (χ2n) is 5.43. The van der Waals surface area contributed by atoms with E-state index in [4.69, 9.17) is 22.2 Å². The van der Waals surface area contributed by atoms with E-state index in [1.165, 1.54) is 12.0 Å². The van der Waals surface area contributed by atoms with Crippen LogP contribution in [0.3, 0.4) is 0 Å². The largest absolute Gasteiger partial charge is 0.376 e. The third-order valence-electron chi connectivity index (χ3n) is 3.13. The quantitative estimate of drug-likeness (QED) is 0.224. The van der Waals surface area contributed by atoms with Crippen LogP contribution in [0.15, 0.2) is 66.3 Å². The fourth-order valence-corrected chi connectivity index (χ4v) is 2.04. The van der Waals surface area contributed by atoms with E-state index >= 15 is 0 Å². The van der Waals surface area contributed by atoms with Gasteiger partial charge in [0.2, 0.25) is 0 Å². The lowest BCUT2D eigenvalue weighted by Crippen LogP contribution is -2.14. The highest BCUT2D eigenvalue weighted by molar-refractivity contribution is 7.80. The van der Waals surface area contributed by atoms with Gasteiger partial charge < -0.3 is 15.3 Å². The number of anilines is 1. The molecule has 3 N–H and O–H groups in total. The zero-order valence-corrected chi connectivity index (χ0v) is 16.9. The van der Waals surface area contributed by atoms with Gasteiger partial charge in [0.1, 0.15) is 0 Å². The fraction of sp³-hybridized carbons (Fsp3) is 0.381. The first-order chi connectivity index (χ1) is 12.6. The maximum atomic E-state index is 8.28. The van der Waals surface area contributed by atoms with Crippen LogP contribution in [0, 0.1) is 0 Å². The van der Waals surface area contributed by atoms with E-state index in [0.29, 0.717) is 19.8 Å². The van der Waals surface area contributed by atoms with E-state index in [1.807, 2.05) is 61.0 Å². The molecule has 0 saturated heterocycles. The molecule has 0 saturated carbocycles. The number of para-hydroxylation sites is 1. The van der Waals surface area contributed by atoms with Gasteiger partial charge in [0.25, 0.3) is 0 Å². The Morgan fingerprint density at radius 2 is 1.96 bits per heavy atom. The molecule has 5 heteroatoms. The fourth-order valence-electron chi connectivity index (χ4n) is 1.92. The summed E-state index contributed by atoms with van der Waals surface area (Å²) in [5.41, 5.74) is 4.45. The molecule has 0 spiro atoms. The van der Waals surface area contributed by atoms with Gasteiger partial charge in [0.15, 0.2) is 0 Å². The molecule has 1 aromatic carbocycles. The topological polar surface area (TPSA) is 53.5 Å². The Kier molecular flexibility index (Phi) is 16.8. The van der Waals surface area contributed by atoms with Gasteiger partial charge in [-0.2, -0.15) is 0 Å². The number of benzene rings is 1. The summed E-state index contributed by atoms with van der Waals surface area (Å²) < 4.78 is 5.20. The summed E-state index contributed by atoms with van der Waals surface area (Å²) >= 11 is 4.87. The number of rotatable bonds is 10. The molecular weight excluding hydrogens is 344 g/mol. The van der Waals surface area contributed by atoms with Crippen LogP contribution in [-0.2, 0) is 4.74 Å². The summed E-state index contributed by atoms with van der Waals surface area (Å²) in [7, 11) is 0. The Hall–Kier alpha value is -1.79. The number of nitrogens with one attached hydrogen (secondary N) is 2. The first kappa shape index (κ1) is 24.2. The standard InChI is InChI=1S/C13H23NO2.C8H9NS/c1-3-8-13(4-2)9-6-5-7-11-16-12-10-14-15;1-7(10)9-8-5-3-2-4-6-8/h4-7,9,14-15H,3,8,10-12H2,1-2H3;2-6H,1H3,(H,9,10)/b7-5-,9-6-,13-4-;. The third-order valence-corrected chi connectivity index (χ3v) is 3.24. The molecule has 0 unspecified atom stereocenters. The molecular formula is C21H32N2O2S. The van der Waals surface area contributed by atoms with Crippen molar-refractivity contribution in [3.63, 3.8) is 0 Å². The second-order valence-corrected chi connectivity index (χ2v) is 6.04. The van der Waals surface area contributed by atoms with Crippen molar-refractivity contribution in [2.75, 3.05) is 25.1 Å². The molecule has 0 aromatic heterocycles. The van der Waals surface area contributed by atoms with Crippen molar-refractivity contribution in [2.45, 2.75) is 33.6 Å². The van der Waals surface area contributed by atoms with Crippen molar-refractivity contribution in [1.29, 1.82) is 0 Å². The summed E-state index contributed by atoms with van der Waals surface area (Å²) in [6, 6.07) is 9.89. The summed E-state index contributed by atoms with van der Waals surface area (Å²) in [4.78, 5) is 0.797. The van der Waals surface area contributed by atoms with Crippen molar-refractivity contribution < 1.29 is 9.94 Å². The predicted octanol–water partition coefficient (Wildman–Crippen LogP) is 5.29. The van der Waals surface area contributed by atoms with Crippen LogP contribution in [0.25, 0.3) is 0 Å². The number of hydrogen-bond acceptors (Lipinski definition) is 4. The van der Waals surface area contributed by atoms with Gasteiger partial charge in [0.05, 0.1) is 18.2 Å². The highest BCUT2D eigenvalue weighted by atomic mass is 32.1. The Bertz CT molecular complexity index is 554. The third kappa shape index (κ3) is 15.7. The lowest BCUT2D eigenvalue weighted by atomic mass is 10.1. The average Bonchev–Trinajstić information content (AvgIpc) is 2.64. The van der Waals surface area contributed by atoms with Crippen molar-refractivity contribution in [1.82, 2.24) is 5.48 Å². The maximum absolute atomic E-state index is 8.28. The number of hydrogen-bond donors (Lipinski definition) is 3. The summed E-state index contributed by atoms with van der Waals surface area (Å²) in [5, 5.41) is 11.3. The lowest BCUT2D eigenvalue weighted by molar-refractivity contribution is 0.104. The van der Waals surface area contributed by atoms with Gasteiger partial charge in [0, 0.05) is 12.2 Å². The minimum atomic E-state index is 0.461. The molecule has 0 atom stereocenters. The van der Waals surface area contributed by atoms with Crippen LogP contribution in [0.4, 0.5) is 5.69 Å². The van der Waals surface area contributed by atoms with Crippen molar-refractivity contribution in [3.05, 3.63) is 66.3 Å². The number of ether oxygens (including phenoxy) is 1. The van der Waals surface area contributed by atoms with Crippen LogP contribution < -0.4 is 10.8 Å². The van der Waals surface area contributed by atoms with E-state index in [1.54, 1.807) is 0 Å². The Labute approximate surface area is 163 Å². The molecule has 0 aliphatic carbocycles. The van der Waals surface area contributed by atoms with Crippen molar-refractivity contribution in [2.24, 2.45) is 0 Å². The molecule has 1 rings (SSSR count). The van der Waals surface area contributed by atoms with Gasteiger partial charge in [-0.3, -0.25) is 0 Å². The van der Waals surface area contributed by atoms with Crippen LogP contribution in [-0.4, -0.2) is 30.0 Å². The molecule has 0 bridgehead atoms. The van der Waals surface area contributed by atoms with Crippen LogP contribution in [0.2, 0.25) is 0 Å². The number of hydroxylamine groups is 1. The first-order valence-corrected chi connectivity index (χ1v) is 9.30. The second kappa shape index (κ2) is 18.0. The normalized spacial score (nSPS) is 11.5.